The van der Waals surface area contributed by atoms with E-state index in [0.717, 1.165) is 5.84 Å². The van der Waals surface area contributed by atoms with Crippen LogP contribution in [-0.4, -0.2) is 17.9 Å². The van der Waals surface area contributed by atoms with Gasteiger partial charge in [0.2, 0.25) is 0 Å². The van der Waals surface area contributed by atoms with Gasteiger partial charge in [0, 0.05) is 19.2 Å². The van der Waals surface area contributed by atoms with Crippen LogP contribution in [0.3, 0.4) is 0 Å². The molecule has 0 spiro atoms. The van der Waals surface area contributed by atoms with Gasteiger partial charge in [-0.05, 0) is 0 Å². The van der Waals surface area contributed by atoms with E-state index in [2.05, 4.69) is 11.6 Å². The molecular weight excluding hydrogens is 126 g/mol. The summed E-state index contributed by atoms with van der Waals surface area (Å²) in [6, 6.07) is 0. The minimum absolute atomic E-state index is 0.341. The van der Waals surface area contributed by atoms with Crippen molar-refractivity contribution in [1.82, 2.24) is 5.01 Å². The predicted molar refractivity (Wildman–Crippen MR) is 44.4 cm³/mol. The molecule has 58 valence electrons. The molecule has 0 aromatic carbocycles. The zero-order chi connectivity index (χ0) is 8.15. The Morgan fingerprint density at radius 3 is 2.30 bits per heavy atom. The Kier molecular flexibility index (Phi) is 3.72. The second kappa shape index (κ2) is 4.06. The summed E-state index contributed by atoms with van der Waals surface area (Å²) < 4.78 is 0. The quantitative estimate of drug-likeness (QED) is 0.270. The fourth-order valence-corrected chi connectivity index (χ4v) is 0.741. The maximum atomic E-state index is 5.48. The molecule has 0 unspecified atom stereocenters. The maximum absolute atomic E-state index is 5.48. The van der Waals surface area contributed by atoms with Crippen LogP contribution in [0.4, 0.5) is 0 Å². The van der Waals surface area contributed by atoms with Crippen LogP contribution in [0.15, 0.2) is 17.8 Å². The summed E-state index contributed by atoms with van der Waals surface area (Å²) in [7, 11) is 1.77. The second-order valence-corrected chi connectivity index (χ2v) is 2.44. The van der Waals surface area contributed by atoms with Crippen LogP contribution >= 0.6 is 0 Å². The van der Waals surface area contributed by atoms with Gasteiger partial charge in [-0.1, -0.05) is 20.4 Å². The van der Waals surface area contributed by atoms with Crippen molar-refractivity contribution in [3.05, 3.63) is 12.8 Å². The van der Waals surface area contributed by atoms with Crippen LogP contribution in [-0.2, 0) is 0 Å². The zero-order valence-corrected chi connectivity index (χ0v) is 6.83. The molecule has 0 aliphatic heterocycles. The number of hydrazine groups is 1. The summed E-state index contributed by atoms with van der Waals surface area (Å²) in [6.45, 7) is 7.56. The van der Waals surface area contributed by atoms with Gasteiger partial charge < -0.3 is 5.01 Å². The zero-order valence-electron chi connectivity index (χ0n) is 6.83. The van der Waals surface area contributed by atoms with Gasteiger partial charge in [0.1, 0.15) is 5.84 Å². The van der Waals surface area contributed by atoms with Gasteiger partial charge in [-0.25, -0.2) is 10.8 Å². The van der Waals surface area contributed by atoms with Gasteiger partial charge in [-0.2, -0.15) is 0 Å². The molecule has 0 aromatic rings. The fraction of sp³-hybridized carbons (Fsp3) is 0.571. The molecule has 3 heteroatoms. The molecule has 0 atom stereocenters. The average molecular weight is 141 g/mol. The van der Waals surface area contributed by atoms with E-state index in [9.17, 15) is 0 Å². The Hall–Kier alpha value is -0.830. The lowest BCUT2D eigenvalue weighted by Gasteiger charge is -2.17. The maximum Gasteiger partial charge on any atom is 0.120 e. The fourth-order valence-electron chi connectivity index (χ4n) is 0.741. The van der Waals surface area contributed by atoms with Crippen molar-refractivity contribution in [2.75, 3.05) is 7.05 Å². The first-order chi connectivity index (χ1) is 4.59. The molecule has 3 nitrogen and oxygen atoms in total. The summed E-state index contributed by atoms with van der Waals surface area (Å²) in [5.74, 6) is 6.66. The van der Waals surface area contributed by atoms with Gasteiger partial charge in [0.15, 0.2) is 0 Å². The highest BCUT2D eigenvalue weighted by molar-refractivity contribution is 5.83. The van der Waals surface area contributed by atoms with E-state index in [1.165, 1.54) is 11.2 Å². The number of hydrogen-bond donors (Lipinski definition) is 1. The van der Waals surface area contributed by atoms with Crippen LogP contribution in [0.5, 0.6) is 0 Å². The molecular formula is C7H15N3. The minimum atomic E-state index is 0.341. The molecule has 0 saturated heterocycles. The molecule has 0 rings (SSSR count). The number of amidine groups is 1. The van der Waals surface area contributed by atoms with E-state index >= 15 is 0 Å². The minimum Gasteiger partial charge on any atom is -0.301 e. The molecule has 0 heterocycles. The third-order valence-electron chi connectivity index (χ3n) is 1.10. The second-order valence-electron chi connectivity index (χ2n) is 2.44. The predicted octanol–water partition coefficient (Wildman–Crippen LogP) is 0.990. The molecule has 0 bridgehead atoms. The SMILES string of the molecule is C=CN=C(C(C)C)N(C)N. The van der Waals surface area contributed by atoms with E-state index in [4.69, 9.17) is 5.84 Å². The first-order valence-corrected chi connectivity index (χ1v) is 3.26. The van der Waals surface area contributed by atoms with E-state index in [1.54, 1.807) is 7.05 Å². The van der Waals surface area contributed by atoms with E-state index in [-0.39, 0.29) is 0 Å². The summed E-state index contributed by atoms with van der Waals surface area (Å²) in [5, 5.41) is 1.51. The number of hydrogen-bond acceptors (Lipinski definition) is 2. The third-order valence-corrected chi connectivity index (χ3v) is 1.10. The molecule has 10 heavy (non-hydrogen) atoms. The lowest BCUT2D eigenvalue weighted by atomic mass is 10.2. The summed E-state index contributed by atoms with van der Waals surface area (Å²) >= 11 is 0. The number of nitrogens with zero attached hydrogens (tertiary/aromatic N) is 2. The molecule has 0 radical (unpaired) electrons. The average Bonchev–Trinajstić information content (AvgIpc) is 1.81. The van der Waals surface area contributed by atoms with Gasteiger partial charge in [0.25, 0.3) is 0 Å². The highest BCUT2D eigenvalue weighted by Gasteiger charge is 2.05. The third kappa shape index (κ3) is 2.64. The lowest BCUT2D eigenvalue weighted by molar-refractivity contribution is 0.505. The molecule has 0 saturated carbocycles. The Morgan fingerprint density at radius 1 is 1.70 bits per heavy atom. The topological polar surface area (TPSA) is 41.6 Å². The Bertz CT molecular complexity index is 126. The summed E-state index contributed by atoms with van der Waals surface area (Å²) in [4.78, 5) is 4.00. The normalized spacial score (nSPS) is 11.9. The Labute approximate surface area is 62.2 Å². The Balaban J connectivity index is 4.26. The lowest BCUT2D eigenvalue weighted by Crippen LogP contribution is -2.36. The number of nitrogens with two attached hydrogens (primary N) is 1. The molecule has 0 aliphatic rings. The monoisotopic (exact) mass is 141 g/mol. The summed E-state index contributed by atoms with van der Waals surface area (Å²) in [6.07, 6.45) is 1.50. The largest absolute Gasteiger partial charge is 0.301 e. The molecule has 0 amide bonds. The van der Waals surface area contributed by atoms with Gasteiger partial charge in [-0.3, -0.25) is 0 Å². The van der Waals surface area contributed by atoms with Crippen molar-refractivity contribution >= 4 is 5.84 Å². The summed E-state index contributed by atoms with van der Waals surface area (Å²) in [5.41, 5.74) is 0. The van der Waals surface area contributed by atoms with E-state index < -0.39 is 0 Å². The van der Waals surface area contributed by atoms with E-state index in [0.29, 0.717) is 5.92 Å². The first-order valence-electron chi connectivity index (χ1n) is 3.26. The highest BCUT2D eigenvalue weighted by Crippen LogP contribution is 1.98. The molecule has 2 N–H and O–H groups in total. The molecule has 0 fully saturated rings. The van der Waals surface area contributed by atoms with Crippen LogP contribution < -0.4 is 5.84 Å². The van der Waals surface area contributed by atoms with Crippen LogP contribution in [0.25, 0.3) is 0 Å². The van der Waals surface area contributed by atoms with Crippen LogP contribution in [0.1, 0.15) is 13.8 Å². The standard InChI is InChI=1S/C7H15N3/c1-5-9-7(6(2)3)10(4)8/h5-6H,1,8H2,2-4H3. The number of rotatable bonds is 2. The highest BCUT2D eigenvalue weighted by atomic mass is 15.4. The van der Waals surface area contributed by atoms with Crippen molar-refractivity contribution in [3.8, 4) is 0 Å². The van der Waals surface area contributed by atoms with Gasteiger partial charge in [-0.15, -0.1) is 0 Å². The van der Waals surface area contributed by atoms with Gasteiger partial charge >= 0.3 is 0 Å². The first kappa shape index (κ1) is 9.17. The molecule has 0 aliphatic carbocycles. The van der Waals surface area contributed by atoms with Crippen molar-refractivity contribution in [1.29, 1.82) is 0 Å². The smallest absolute Gasteiger partial charge is 0.120 e. The Morgan fingerprint density at radius 2 is 2.20 bits per heavy atom. The van der Waals surface area contributed by atoms with Crippen molar-refractivity contribution in [2.45, 2.75) is 13.8 Å². The van der Waals surface area contributed by atoms with Crippen LogP contribution in [0.2, 0.25) is 0 Å². The number of aliphatic imine (C=N–C) groups is 1. The molecule has 0 aromatic heterocycles. The van der Waals surface area contributed by atoms with Gasteiger partial charge in [0.05, 0.1) is 0 Å². The van der Waals surface area contributed by atoms with Crippen molar-refractivity contribution in [3.63, 3.8) is 0 Å². The van der Waals surface area contributed by atoms with Crippen molar-refractivity contribution < 1.29 is 0 Å². The van der Waals surface area contributed by atoms with Crippen LogP contribution in [0, 0.1) is 5.92 Å². The van der Waals surface area contributed by atoms with E-state index in [1.807, 2.05) is 13.8 Å². The van der Waals surface area contributed by atoms with Crippen molar-refractivity contribution in [2.24, 2.45) is 16.8 Å².